The average Bonchev–Trinajstić information content (AvgIpc) is 2.68. The Morgan fingerprint density at radius 3 is 2.37 bits per heavy atom. The Balaban J connectivity index is 1.84. The Hall–Kier alpha value is -2.72. The summed E-state index contributed by atoms with van der Waals surface area (Å²) in [5.74, 6) is -0.176. The van der Waals surface area contributed by atoms with E-state index in [9.17, 15) is 22.9 Å². The van der Waals surface area contributed by atoms with Crippen LogP contribution in [0.1, 0.15) is 0 Å². The van der Waals surface area contributed by atoms with Gasteiger partial charge in [0.25, 0.3) is 5.69 Å². The van der Waals surface area contributed by atoms with Gasteiger partial charge < -0.3 is 9.64 Å². The van der Waals surface area contributed by atoms with Crippen LogP contribution in [0, 0.1) is 15.9 Å². The van der Waals surface area contributed by atoms with Crippen molar-refractivity contribution >= 4 is 21.4 Å². The van der Waals surface area contributed by atoms with Gasteiger partial charge in [-0.25, -0.2) is 12.8 Å². The largest absolute Gasteiger partial charge is 0.497 e. The van der Waals surface area contributed by atoms with Gasteiger partial charge in [0.1, 0.15) is 11.6 Å². The highest BCUT2D eigenvalue weighted by Gasteiger charge is 2.34. The van der Waals surface area contributed by atoms with Crippen molar-refractivity contribution in [2.75, 3.05) is 38.2 Å². The zero-order valence-electron chi connectivity index (χ0n) is 14.5. The van der Waals surface area contributed by atoms with Crippen molar-refractivity contribution in [1.29, 1.82) is 0 Å². The minimum Gasteiger partial charge on any atom is -0.497 e. The van der Waals surface area contributed by atoms with Gasteiger partial charge in [0.05, 0.1) is 23.8 Å². The number of para-hydroxylation sites is 1. The molecule has 0 unspecified atom stereocenters. The molecule has 8 nitrogen and oxygen atoms in total. The second-order valence-electron chi connectivity index (χ2n) is 5.93. The Morgan fingerprint density at radius 1 is 1.11 bits per heavy atom. The number of hydrogen-bond acceptors (Lipinski definition) is 6. The molecule has 0 bridgehead atoms. The summed E-state index contributed by atoms with van der Waals surface area (Å²) < 4.78 is 45.9. The number of piperazine rings is 1. The van der Waals surface area contributed by atoms with Crippen molar-refractivity contribution in [3.05, 3.63) is 58.4 Å². The summed E-state index contributed by atoms with van der Waals surface area (Å²) in [5, 5.41) is 11.3. The first-order valence-corrected chi connectivity index (χ1v) is 9.60. The molecule has 0 radical (unpaired) electrons. The minimum atomic E-state index is -4.06. The lowest BCUT2D eigenvalue weighted by Gasteiger charge is -2.35. The molecule has 0 saturated carbocycles. The number of nitro groups is 1. The van der Waals surface area contributed by atoms with Crippen molar-refractivity contribution in [2.24, 2.45) is 0 Å². The molecule has 1 fully saturated rings. The van der Waals surface area contributed by atoms with Gasteiger partial charge in [-0.2, -0.15) is 4.31 Å². The standard InChI is InChI=1S/C17H18FN3O5S/c1-26-13-6-7-17(16(12-13)21(22)23)27(24,25)20-10-8-19(9-11-20)15-5-3-2-4-14(15)18/h2-7,12H,8-11H2,1H3. The maximum absolute atomic E-state index is 13.9. The zero-order valence-corrected chi connectivity index (χ0v) is 15.4. The van der Waals surface area contributed by atoms with Crippen molar-refractivity contribution in [1.82, 2.24) is 4.31 Å². The van der Waals surface area contributed by atoms with Crippen molar-refractivity contribution in [3.8, 4) is 5.75 Å². The molecule has 0 N–H and O–H groups in total. The first-order valence-electron chi connectivity index (χ1n) is 8.16. The first-order chi connectivity index (χ1) is 12.8. The Labute approximate surface area is 156 Å². The van der Waals surface area contributed by atoms with Gasteiger partial charge in [-0.1, -0.05) is 12.1 Å². The molecule has 0 spiro atoms. The molecular weight excluding hydrogens is 377 g/mol. The lowest BCUT2D eigenvalue weighted by molar-refractivity contribution is -0.387. The highest BCUT2D eigenvalue weighted by molar-refractivity contribution is 7.89. The molecule has 1 aliphatic heterocycles. The van der Waals surface area contributed by atoms with E-state index in [1.165, 1.54) is 29.6 Å². The smallest absolute Gasteiger partial charge is 0.293 e. The molecule has 0 atom stereocenters. The van der Waals surface area contributed by atoms with E-state index in [1.54, 1.807) is 23.1 Å². The Morgan fingerprint density at radius 2 is 1.78 bits per heavy atom. The summed E-state index contributed by atoms with van der Waals surface area (Å²) in [6, 6.07) is 9.91. The van der Waals surface area contributed by atoms with Crippen LogP contribution in [-0.2, 0) is 10.0 Å². The first kappa shape index (κ1) is 19.1. The third-order valence-corrected chi connectivity index (χ3v) is 6.36. The molecule has 1 saturated heterocycles. The van der Waals surface area contributed by atoms with Crippen LogP contribution in [-0.4, -0.2) is 50.9 Å². The van der Waals surface area contributed by atoms with Crippen LogP contribution in [0.25, 0.3) is 0 Å². The average molecular weight is 395 g/mol. The number of benzene rings is 2. The normalized spacial score (nSPS) is 15.6. The lowest BCUT2D eigenvalue weighted by Crippen LogP contribution is -2.49. The molecule has 2 aromatic carbocycles. The van der Waals surface area contributed by atoms with E-state index in [4.69, 9.17) is 4.74 Å². The Bertz CT molecular complexity index is 959. The fourth-order valence-corrected chi connectivity index (χ4v) is 4.56. The summed E-state index contributed by atoms with van der Waals surface area (Å²) in [6.07, 6.45) is 0. The SMILES string of the molecule is COc1ccc(S(=O)(=O)N2CCN(c3ccccc3F)CC2)c([N+](=O)[O-])c1. The fourth-order valence-electron chi connectivity index (χ4n) is 3.00. The van der Waals surface area contributed by atoms with Gasteiger partial charge >= 0.3 is 0 Å². The van der Waals surface area contributed by atoms with Gasteiger partial charge in [0, 0.05) is 26.2 Å². The summed E-state index contributed by atoms with van der Waals surface area (Å²) in [6.45, 7) is 0.758. The van der Waals surface area contributed by atoms with E-state index in [0.29, 0.717) is 5.69 Å². The summed E-state index contributed by atoms with van der Waals surface area (Å²) in [5.41, 5.74) is -0.129. The molecule has 27 heavy (non-hydrogen) atoms. The summed E-state index contributed by atoms with van der Waals surface area (Å²) >= 11 is 0. The molecule has 0 aromatic heterocycles. The number of nitrogens with zero attached hydrogens (tertiary/aromatic N) is 3. The summed E-state index contributed by atoms with van der Waals surface area (Å²) in [7, 11) is -2.72. The molecule has 3 rings (SSSR count). The fraction of sp³-hybridized carbons (Fsp3) is 0.294. The van der Waals surface area contributed by atoms with Crippen LogP contribution in [0.3, 0.4) is 0 Å². The van der Waals surface area contributed by atoms with E-state index in [0.717, 1.165) is 6.07 Å². The van der Waals surface area contributed by atoms with Crippen molar-refractivity contribution < 1.29 is 22.5 Å². The van der Waals surface area contributed by atoms with E-state index >= 15 is 0 Å². The maximum Gasteiger partial charge on any atom is 0.293 e. The minimum absolute atomic E-state index is 0.0971. The maximum atomic E-state index is 13.9. The van der Waals surface area contributed by atoms with E-state index < -0.39 is 20.6 Å². The molecule has 144 valence electrons. The van der Waals surface area contributed by atoms with Crippen LogP contribution in [0.2, 0.25) is 0 Å². The second-order valence-corrected chi connectivity index (χ2v) is 7.84. The van der Waals surface area contributed by atoms with Gasteiger partial charge in [0.15, 0.2) is 4.90 Å². The molecule has 10 heteroatoms. The monoisotopic (exact) mass is 395 g/mol. The Kier molecular flexibility index (Phi) is 5.29. The predicted molar refractivity (Wildman–Crippen MR) is 97.0 cm³/mol. The lowest BCUT2D eigenvalue weighted by atomic mass is 10.2. The van der Waals surface area contributed by atoms with E-state index in [-0.39, 0.29) is 42.6 Å². The summed E-state index contributed by atoms with van der Waals surface area (Å²) in [4.78, 5) is 11.9. The van der Waals surface area contributed by atoms with Crippen LogP contribution >= 0.6 is 0 Å². The van der Waals surface area contributed by atoms with Crippen LogP contribution in [0.4, 0.5) is 15.8 Å². The number of ether oxygens (including phenoxy) is 1. The zero-order chi connectivity index (χ0) is 19.6. The van der Waals surface area contributed by atoms with Gasteiger partial charge in [-0.05, 0) is 24.3 Å². The van der Waals surface area contributed by atoms with Gasteiger partial charge in [-0.3, -0.25) is 10.1 Å². The second kappa shape index (κ2) is 7.49. The van der Waals surface area contributed by atoms with E-state index in [2.05, 4.69) is 0 Å². The van der Waals surface area contributed by atoms with Crippen molar-refractivity contribution in [3.63, 3.8) is 0 Å². The third-order valence-electron chi connectivity index (χ3n) is 4.41. The van der Waals surface area contributed by atoms with Crippen LogP contribution < -0.4 is 9.64 Å². The van der Waals surface area contributed by atoms with Gasteiger partial charge in [-0.15, -0.1) is 0 Å². The third kappa shape index (κ3) is 3.71. The molecule has 0 aliphatic carbocycles. The number of methoxy groups -OCH3 is 1. The van der Waals surface area contributed by atoms with Crippen molar-refractivity contribution in [2.45, 2.75) is 4.90 Å². The molecule has 0 amide bonds. The number of halogens is 1. The highest BCUT2D eigenvalue weighted by atomic mass is 32.2. The van der Waals surface area contributed by atoms with Crippen LogP contribution in [0.15, 0.2) is 47.4 Å². The van der Waals surface area contributed by atoms with E-state index in [1.807, 2.05) is 0 Å². The number of rotatable bonds is 5. The number of anilines is 1. The molecular formula is C17H18FN3O5S. The van der Waals surface area contributed by atoms with Gasteiger partial charge in [0.2, 0.25) is 10.0 Å². The number of nitro benzene ring substituents is 1. The quantitative estimate of drug-likeness (QED) is 0.569. The number of sulfonamides is 1. The number of hydrogen-bond donors (Lipinski definition) is 0. The van der Waals surface area contributed by atoms with Crippen LogP contribution in [0.5, 0.6) is 5.75 Å². The highest BCUT2D eigenvalue weighted by Crippen LogP contribution is 2.31. The molecule has 1 aliphatic rings. The molecule has 2 aromatic rings. The predicted octanol–water partition coefficient (Wildman–Crippen LogP) is 2.25. The topological polar surface area (TPSA) is 93.0 Å². The molecule has 1 heterocycles.